The number of methoxy groups -OCH3 is 1. The summed E-state index contributed by atoms with van der Waals surface area (Å²) in [5, 5.41) is 18.1. The lowest BCUT2D eigenvalue weighted by Crippen LogP contribution is -2.29. The SMILES string of the molecule is C=CC(=O)C[C@H]1COC[C@H]1Nc1cc2c(NCCO)nc(-c3cccc(OC)c3Cl)cc2cn1. The number of allylic oxidation sites excluding steroid dienone is 1. The summed E-state index contributed by atoms with van der Waals surface area (Å²) in [4.78, 5) is 21.2. The lowest BCUT2D eigenvalue weighted by Gasteiger charge is -2.19. The zero-order chi connectivity index (χ0) is 24.1. The van der Waals surface area contributed by atoms with Crippen LogP contribution in [0.25, 0.3) is 22.0 Å². The fraction of sp³-hybridized carbons (Fsp3) is 0.320. The van der Waals surface area contributed by atoms with Gasteiger partial charge in [0.25, 0.3) is 0 Å². The van der Waals surface area contributed by atoms with Gasteiger partial charge in [-0.25, -0.2) is 9.97 Å². The Morgan fingerprint density at radius 3 is 3.00 bits per heavy atom. The molecule has 0 unspecified atom stereocenters. The van der Waals surface area contributed by atoms with Crippen LogP contribution in [0.5, 0.6) is 5.75 Å². The number of hydrogen-bond acceptors (Lipinski definition) is 8. The first-order valence-electron chi connectivity index (χ1n) is 11.0. The smallest absolute Gasteiger partial charge is 0.155 e. The van der Waals surface area contributed by atoms with Gasteiger partial charge in [0.15, 0.2) is 5.78 Å². The van der Waals surface area contributed by atoms with Gasteiger partial charge in [-0.2, -0.15) is 0 Å². The van der Waals surface area contributed by atoms with Crippen molar-refractivity contribution in [2.45, 2.75) is 12.5 Å². The number of ketones is 1. The number of aromatic nitrogens is 2. The monoisotopic (exact) mass is 482 g/mol. The number of halogens is 1. The van der Waals surface area contributed by atoms with Gasteiger partial charge in [0.2, 0.25) is 0 Å². The number of rotatable bonds is 10. The summed E-state index contributed by atoms with van der Waals surface area (Å²) in [6.07, 6.45) is 3.49. The molecule has 0 amide bonds. The summed E-state index contributed by atoms with van der Waals surface area (Å²) in [5.41, 5.74) is 1.39. The van der Waals surface area contributed by atoms with Gasteiger partial charge < -0.3 is 25.2 Å². The molecular formula is C25H27ClN4O4. The van der Waals surface area contributed by atoms with Crippen LogP contribution in [-0.4, -0.2) is 60.4 Å². The van der Waals surface area contributed by atoms with Gasteiger partial charge >= 0.3 is 0 Å². The first kappa shape index (κ1) is 23.9. The third-order valence-electron chi connectivity index (χ3n) is 5.80. The van der Waals surface area contributed by atoms with Crippen LogP contribution < -0.4 is 15.4 Å². The number of pyridine rings is 2. The normalized spacial score (nSPS) is 17.5. The number of nitrogens with zero attached hydrogens (tertiary/aromatic N) is 2. The molecule has 34 heavy (non-hydrogen) atoms. The molecule has 3 N–H and O–H groups in total. The number of hydrogen-bond donors (Lipinski definition) is 3. The molecule has 0 aliphatic carbocycles. The molecule has 1 aliphatic rings. The van der Waals surface area contributed by atoms with Crippen LogP contribution >= 0.6 is 11.6 Å². The minimum atomic E-state index is -0.0397. The van der Waals surface area contributed by atoms with Gasteiger partial charge in [0.05, 0.1) is 43.7 Å². The summed E-state index contributed by atoms with van der Waals surface area (Å²) >= 11 is 6.54. The summed E-state index contributed by atoms with van der Waals surface area (Å²) in [5.74, 6) is 1.86. The Labute approximate surface area is 203 Å². The van der Waals surface area contributed by atoms with Crippen molar-refractivity contribution in [3.05, 3.63) is 54.2 Å². The third kappa shape index (κ3) is 5.14. The fourth-order valence-corrected chi connectivity index (χ4v) is 4.33. The van der Waals surface area contributed by atoms with Crippen molar-refractivity contribution >= 4 is 39.8 Å². The highest BCUT2D eigenvalue weighted by Crippen LogP contribution is 2.37. The maximum atomic E-state index is 11.8. The number of ether oxygens (including phenoxy) is 2. The Balaban J connectivity index is 1.69. The lowest BCUT2D eigenvalue weighted by molar-refractivity contribution is -0.115. The van der Waals surface area contributed by atoms with E-state index in [1.807, 2.05) is 24.3 Å². The molecule has 1 aliphatic heterocycles. The molecule has 1 saturated heterocycles. The molecule has 1 aromatic carbocycles. The van der Waals surface area contributed by atoms with Crippen molar-refractivity contribution in [3.8, 4) is 17.0 Å². The van der Waals surface area contributed by atoms with Crippen LogP contribution in [-0.2, 0) is 9.53 Å². The number of benzene rings is 1. The summed E-state index contributed by atoms with van der Waals surface area (Å²) in [6, 6.07) is 9.31. The van der Waals surface area contributed by atoms with E-state index in [0.29, 0.717) is 54.3 Å². The Kier molecular flexibility index (Phi) is 7.62. The van der Waals surface area contributed by atoms with E-state index in [2.05, 4.69) is 22.2 Å². The lowest BCUT2D eigenvalue weighted by atomic mass is 9.97. The first-order chi connectivity index (χ1) is 16.5. The molecule has 178 valence electrons. The molecule has 0 radical (unpaired) electrons. The van der Waals surface area contributed by atoms with E-state index >= 15 is 0 Å². The maximum absolute atomic E-state index is 11.8. The first-order valence-corrected chi connectivity index (χ1v) is 11.4. The molecule has 0 saturated carbocycles. The average molecular weight is 483 g/mol. The highest BCUT2D eigenvalue weighted by Gasteiger charge is 2.29. The standard InChI is InChI=1S/C25H27ClN4O4/c1-3-17(32)9-16-13-34-14-21(16)29-23-11-19-15(12-28-23)10-20(30-25(19)27-7-8-31)18-5-4-6-22(33-2)24(18)26/h3-6,10-12,16,21,31H,1,7-9,13-14H2,2H3,(H,27,30)(H,28,29)/t16-,21+/m0/s1. The molecule has 0 bridgehead atoms. The van der Waals surface area contributed by atoms with E-state index in [-0.39, 0.29) is 24.3 Å². The van der Waals surface area contributed by atoms with E-state index in [1.54, 1.807) is 19.4 Å². The molecule has 3 aromatic rings. The van der Waals surface area contributed by atoms with Crippen molar-refractivity contribution in [2.24, 2.45) is 5.92 Å². The van der Waals surface area contributed by atoms with Crippen molar-refractivity contribution in [1.82, 2.24) is 9.97 Å². The second kappa shape index (κ2) is 10.8. The van der Waals surface area contributed by atoms with Crippen molar-refractivity contribution in [3.63, 3.8) is 0 Å². The Hall–Kier alpha value is -3.20. The number of fused-ring (bicyclic) bond motifs is 1. The zero-order valence-electron chi connectivity index (χ0n) is 18.9. The summed E-state index contributed by atoms with van der Waals surface area (Å²) in [7, 11) is 1.57. The minimum Gasteiger partial charge on any atom is -0.495 e. The Morgan fingerprint density at radius 2 is 2.24 bits per heavy atom. The number of anilines is 2. The molecule has 2 aromatic heterocycles. The van der Waals surface area contributed by atoms with Gasteiger partial charge in [-0.1, -0.05) is 30.3 Å². The van der Waals surface area contributed by atoms with Crippen LogP contribution in [0, 0.1) is 5.92 Å². The fourth-order valence-electron chi connectivity index (χ4n) is 4.03. The van der Waals surface area contributed by atoms with Crippen molar-refractivity contribution in [2.75, 3.05) is 44.1 Å². The van der Waals surface area contributed by atoms with Crippen LogP contribution in [0.2, 0.25) is 5.02 Å². The summed E-state index contributed by atoms with van der Waals surface area (Å²) < 4.78 is 10.9. The quantitative estimate of drug-likeness (QED) is 0.373. The second-order valence-electron chi connectivity index (χ2n) is 8.04. The van der Waals surface area contributed by atoms with Crippen molar-refractivity contribution in [1.29, 1.82) is 0 Å². The van der Waals surface area contributed by atoms with Gasteiger partial charge in [0.1, 0.15) is 17.4 Å². The number of aliphatic hydroxyl groups is 1. The molecule has 0 spiro atoms. The number of carbonyl (C=O) groups is 1. The minimum absolute atomic E-state index is 0.00260. The van der Waals surface area contributed by atoms with Gasteiger partial charge in [-0.15, -0.1) is 0 Å². The van der Waals surface area contributed by atoms with E-state index in [0.717, 1.165) is 16.3 Å². The summed E-state index contributed by atoms with van der Waals surface area (Å²) in [6.45, 7) is 4.86. The highest BCUT2D eigenvalue weighted by atomic mass is 35.5. The predicted molar refractivity (Wildman–Crippen MR) is 134 cm³/mol. The largest absolute Gasteiger partial charge is 0.495 e. The molecule has 4 rings (SSSR count). The average Bonchev–Trinajstić information content (AvgIpc) is 3.28. The molecule has 2 atom stereocenters. The Bertz CT molecular complexity index is 1200. The molecule has 1 fully saturated rings. The van der Waals surface area contributed by atoms with Gasteiger partial charge in [-0.05, 0) is 24.3 Å². The topological polar surface area (TPSA) is 106 Å². The molecule has 3 heterocycles. The predicted octanol–water partition coefficient (Wildman–Crippen LogP) is 3.94. The van der Waals surface area contributed by atoms with E-state index < -0.39 is 0 Å². The number of aliphatic hydroxyl groups excluding tert-OH is 1. The van der Waals surface area contributed by atoms with E-state index in [9.17, 15) is 9.90 Å². The van der Waals surface area contributed by atoms with Gasteiger partial charge in [0, 0.05) is 41.4 Å². The zero-order valence-corrected chi connectivity index (χ0v) is 19.6. The van der Waals surface area contributed by atoms with Crippen molar-refractivity contribution < 1.29 is 19.4 Å². The van der Waals surface area contributed by atoms with E-state index in [1.165, 1.54) is 6.08 Å². The van der Waals surface area contributed by atoms with Gasteiger partial charge in [-0.3, -0.25) is 4.79 Å². The van der Waals surface area contributed by atoms with E-state index in [4.69, 9.17) is 26.1 Å². The number of carbonyl (C=O) groups excluding carboxylic acids is 1. The third-order valence-corrected chi connectivity index (χ3v) is 6.19. The molecule has 8 nitrogen and oxygen atoms in total. The Morgan fingerprint density at radius 1 is 1.38 bits per heavy atom. The molecule has 9 heteroatoms. The van der Waals surface area contributed by atoms with Crippen LogP contribution in [0.3, 0.4) is 0 Å². The molecular weight excluding hydrogens is 456 g/mol. The number of nitrogens with one attached hydrogen (secondary N) is 2. The van der Waals surface area contributed by atoms with Crippen LogP contribution in [0.15, 0.2) is 49.2 Å². The van der Waals surface area contributed by atoms with Crippen LogP contribution in [0.4, 0.5) is 11.6 Å². The highest BCUT2D eigenvalue weighted by molar-refractivity contribution is 6.34. The maximum Gasteiger partial charge on any atom is 0.155 e. The van der Waals surface area contributed by atoms with Crippen LogP contribution in [0.1, 0.15) is 6.42 Å². The second-order valence-corrected chi connectivity index (χ2v) is 8.42.